The highest BCUT2D eigenvalue weighted by molar-refractivity contribution is 9.10. The molecular formula is C10H12BrN5O. The SMILES string of the molecule is C[C@]1(O)C[C@@H](c2nc(Br)c3c(N)ncnn32)C1. The van der Waals surface area contributed by atoms with E-state index in [9.17, 15) is 5.11 Å². The first kappa shape index (κ1) is 10.9. The first-order valence-electron chi connectivity index (χ1n) is 5.35. The average Bonchev–Trinajstić information content (AvgIpc) is 2.54. The molecule has 2 heterocycles. The first-order valence-corrected chi connectivity index (χ1v) is 6.14. The first-order chi connectivity index (χ1) is 7.98. The number of hydrogen-bond donors (Lipinski definition) is 2. The van der Waals surface area contributed by atoms with Gasteiger partial charge >= 0.3 is 0 Å². The molecule has 6 nitrogen and oxygen atoms in total. The van der Waals surface area contributed by atoms with Crippen molar-refractivity contribution in [3.8, 4) is 0 Å². The van der Waals surface area contributed by atoms with Crippen molar-refractivity contribution in [2.45, 2.75) is 31.3 Å². The molecule has 1 saturated carbocycles. The Kier molecular flexibility index (Phi) is 2.18. The highest BCUT2D eigenvalue weighted by Crippen LogP contribution is 2.44. The fourth-order valence-corrected chi connectivity index (χ4v) is 2.94. The van der Waals surface area contributed by atoms with E-state index in [0.29, 0.717) is 28.8 Å². The van der Waals surface area contributed by atoms with Crippen LogP contribution in [0.25, 0.3) is 5.52 Å². The van der Waals surface area contributed by atoms with Gasteiger partial charge in [0, 0.05) is 5.92 Å². The van der Waals surface area contributed by atoms with Crippen LogP contribution in [0.2, 0.25) is 0 Å². The molecule has 2 aromatic rings. The third-order valence-corrected chi connectivity index (χ3v) is 3.73. The zero-order chi connectivity index (χ0) is 12.2. The Morgan fingerprint density at radius 1 is 1.59 bits per heavy atom. The normalized spacial score (nSPS) is 28.3. The van der Waals surface area contributed by atoms with E-state index in [-0.39, 0.29) is 5.92 Å². The number of aliphatic hydroxyl groups is 1. The van der Waals surface area contributed by atoms with Crippen molar-refractivity contribution in [1.29, 1.82) is 0 Å². The maximum atomic E-state index is 9.77. The van der Waals surface area contributed by atoms with Crippen LogP contribution in [0.15, 0.2) is 10.9 Å². The van der Waals surface area contributed by atoms with Gasteiger partial charge in [-0.15, -0.1) is 0 Å². The van der Waals surface area contributed by atoms with Crippen LogP contribution in [0.3, 0.4) is 0 Å². The van der Waals surface area contributed by atoms with E-state index in [1.165, 1.54) is 6.33 Å². The van der Waals surface area contributed by atoms with E-state index in [2.05, 4.69) is 31.0 Å². The molecule has 1 aliphatic carbocycles. The van der Waals surface area contributed by atoms with E-state index < -0.39 is 5.60 Å². The van der Waals surface area contributed by atoms with Gasteiger partial charge in [-0.3, -0.25) is 0 Å². The fourth-order valence-electron chi connectivity index (χ4n) is 2.38. The summed E-state index contributed by atoms with van der Waals surface area (Å²) in [6, 6.07) is 0. The quantitative estimate of drug-likeness (QED) is 0.823. The minimum atomic E-state index is -0.582. The molecule has 2 aromatic heterocycles. The van der Waals surface area contributed by atoms with Crippen LogP contribution in [0.1, 0.15) is 31.5 Å². The van der Waals surface area contributed by atoms with E-state index in [4.69, 9.17) is 5.73 Å². The van der Waals surface area contributed by atoms with Crippen LogP contribution >= 0.6 is 15.9 Å². The number of nitrogen functional groups attached to an aromatic ring is 1. The number of rotatable bonds is 1. The van der Waals surface area contributed by atoms with Crippen LogP contribution < -0.4 is 5.73 Å². The summed E-state index contributed by atoms with van der Waals surface area (Å²) in [5, 5.41) is 13.9. The molecule has 1 fully saturated rings. The van der Waals surface area contributed by atoms with Crippen LogP contribution in [0, 0.1) is 0 Å². The number of fused-ring (bicyclic) bond motifs is 1. The summed E-state index contributed by atoms with van der Waals surface area (Å²) in [6.07, 6.45) is 2.81. The smallest absolute Gasteiger partial charge is 0.154 e. The monoisotopic (exact) mass is 297 g/mol. The molecule has 17 heavy (non-hydrogen) atoms. The third kappa shape index (κ3) is 1.61. The highest BCUT2D eigenvalue weighted by atomic mass is 79.9. The van der Waals surface area contributed by atoms with Gasteiger partial charge in [-0.25, -0.2) is 14.5 Å². The van der Waals surface area contributed by atoms with Crippen molar-refractivity contribution in [2.24, 2.45) is 0 Å². The van der Waals surface area contributed by atoms with Gasteiger partial charge in [0.1, 0.15) is 22.3 Å². The van der Waals surface area contributed by atoms with Gasteiger partial charge in [-0.1, -0.05) is 0 Å². The molecule has 0 atom stereocenters. The number of halogens is 1. The van der Waals surface area contributed by atoms with Crippen LogP contribution in [-0.4, -0.2) is 30.3 Å². The van der Waals surface area contributed by atoms with Gasteiger partial charge < -0.3 is 10.8 Å². The average molecular weight is 298 g/mol. The second-order valence-electron chi connectivity index (χ2n) is 4.77. The number of aromatic nitrogens is 4. The van der Waals surface area contributed by atoms with Gasteiger partial charge in [0.15, 0.2) is 5.82 Å². The molecule has 0 amide bonds. The van der Waals surface area contributed by atoms with Gasteiger partial charge in [-0.2, -0.15) is 5.10 Å². The lowest BCUT2D eigenvalue weighted by atomic mass is 9.72. The Hall–Kier alpha value is -1.21. The summed E-state index contributed by atoms with van der Waals surface area (Å²) >= 11 is 3.36. The molecule has 3 N–H and O–H groups in total. The molecule has 0 aliphatic heterocycles. The molecule has 3 rings (SSSR count). The molecule has 1 aliphatic rings. The number of anilines is 1. The van der Waals surface area contributed by atoms with Crippen LogP contribution in [-0.2, 0) is 0 Å². The molecule has 7 heteroatoms. The lowest BCUT2D eigenvalue weighted by molar-refractivity contribution is -0.0337. The topological polar surface area (TPSA) is 89.3 Å². The highest BCUT2D eigenvalue weighted by Gasteiger charge is 2.41. The standard InChI is InChI=1S/C10H12BrN5O/c1-10(17)2-5(3-10)9-15-7(11)6-8(12)13-4-14-16(6)9/h4-5,17H,2-3H2,1H3,(H2,12,13,14)/t5-,10+. The molecule has 0 aromatic carbocycles. The fraction of sp³-hybridized carbons (Fsp3) is 0.500. The molecule has 0 saturated heterocycles. The predicted molar refractivity (Wildman–Crippen MR) is 65.5 cm³/mol. The minimum absolute atomic E-state index is 0.220. The Labute approximate surface area is 106 Å². The summed E-state index contributed by atoms with van der Waals surface area (Å²) in [6.45, 7) is 1.83. The van der Waals surface area contributed by atoms with Gasteiger partial charge in [-0.05, 0) is 35.7 Å². The Bertz CT molecular complexity index is 586. The van der Waals surface area contributed by atoms with Gasteiger partial charge in [0.25, 0.3) is 0 Å². The second-order valence-corrected chi connectivity index (χ2v) is 5.52. The van der Waals surface area contributed by atoms with E-state index >= 15 is 0 Å². The van der Waals surface area contributed by atoms with E-state index in [1.54, 1.807) is 4.52 Å². The second kappa shape index (κ2) is 3.39. The number of hydrogen-bond acceptors (Lipinski definition) is 5. The zero-order valence-corrected chi connectivity index (χ0v) is 10.8. The zero-order valence-electron chi connectivity index (χ0n) is 9.26. The molecule has 0 bridgehead atoms. The van der Waals surface area contributed by atoms with Crippen molar-refractivity contribution in [3.63, 3.8) is 0 Å². The van der Waals surface area contributed by atoms with Crippen molar-refractivity contribution >= 4 is 27.3 Å². The largest absolute Gasteiger partial charge is 0.390 e. The molecule has 0 spiro atoms. The van der Waals surface area contributed by atoms with E-state index in [0.717, 1.165) is 5.82 Å². The van der Waals surface area contributed by atoms with Crippen molar-refractivity contribution < 1.29 is 5.11 Å². The van der Waals surface area contributed by atoms with Crippen molar-refractivity contribution in [1.82, 2.24) is 19.6 Å². The lowest BCUT2D eigenvalue weighted by Gasteiger charge is -2.39. The Balaban J connectivity index is 2.10. The maximum absolute atomic E-state index is 9.77. The Morgan fingerprint density at radius 2 is 2.29 bits per heavy atom. The number of imidazole rings is 1. The van der Waals surface area contributed by atoms with Crippen LogP contribution in [0.5, 0.6) is 0 Å². The van der Waals surface area contributed by atoms with Gasteiger partial charge in [0.05, 0.1) is 5.60 Å². The minimum Gasteiger partial charge on any atom is -0.390 e. The summed E-state index contributed by atoms with van der Waals surface area (Å²) in [7, 11) is 0. The van der Waals surface area contributed by atoms with Crippen molar-refractivity contribution in [3.05, 3.63) is 16.8 Å². The maximum Gasteiger partial charge on any atom is 0.154 e. The Morgan fingerprint density at radius 3 is 2.94 bits per heavy atom. The van der Waals surface area contributed by atoms with E-state index in [1.807, 2.05) is 6.92 Å². The summed E-state index contributed by atoms with van der Waals surface area (Å²) < 4.78 is 2.35. The van der Waals surface area contributed by atoms with Gasteiger partial charge in [0.2, 0.25) is 0 Å². The third-order valence-electron chi connectivity index (χ3n) is 3.18. The lowest BCUT2D eigenvalue weighted by Crippen LogP contribution is -2.40. The summed E-state index contributed by atoms with van der Waals surface area (Å²) in [4.78, 5) is 8.36. The molecule has 90 valence electrons. The van der Waals surface area contributed by atoms with Crippen LogP contribution in [0.4, 0.5) is 5.82 Å². The number of nitrogens with zero attached hydrogens (tertiary/aromatic N) is 4. The predicted octanol–water partition coefficient (Wildman–Crippen LogP) is 1.10. The molecular weight excluding hydrogens is 286 g/mol. The molecule has 0 unspecified atom stereocenters. The summed E-state index contributed by atoms with van der Waals surface area (Å²) in [5.41, 5.74) is 5.90. The number of nitrogens with two attached hydrogens (primary N) is 1. The molecule has 0 radical (unpaired) electrons. The van der Waals surface area contributed by atoms with Crippen molar-refractivity contribution in [2.75, 3.05) is 5.73 Å². The summed E-state index contributed by atoms with van der Waals surface area (Å²) in [5.74, 6) is 1.45.